The first-order valence-electron chi connectivity index (χ1n) is 5.49. The fourth-order valence-electron chi connectivity index (χ4n) is 2.13. The minimum Gasteiger partial charge on any atom is -0.393 e. The Hall–Kier alpha value is -0.820. The lowest BCUT2D eigenvalue weighted by molar-refractivity contribution is 0.169. The van der Waals surface area contributed by atoms with Gasteiger partial charge in [-0.25, -0.2) is 0 Å². The molecular weight excluding hydrogens is 172 g/mol. The molecule has 1 aliphatic rings. The van der Waals surface area contributed by atoms with E-state index in [1.54, 1.807) is 0 Å². The van der Waals surface area contributed by atoms with E-state index in [4.69, 9.17) is 0 Å². The molecule has 0 spiro atoms. The van der Waals surface area contributed by atoms with Crippen molar-refractivity contribution in [3.05, 3.63) is 35.4 Å². The number of rotatable bonds is 3. The van der Waals surface area contributed by atoms with Gasteiger partial charge in [-0.1, -0.05) is 31.2 Å². The average molecular weight is 190 g/mol. The highest BCUT2D eigenvalue weighted by molar-refractivity contribution is 5.29. The molecule has 0 amide bonds. The molecule has 1 heteroatoms. The van der Waals surface area contributed by atoms with E-state index in [1.807, 2.05) is 6.92 Å². The number of hydrogen-bond acceptors (Lipinski definition) is 1. The van der Waals surface area contributed by atoms with Crippen LogP contribution in [-0.2, 0) is 6.42 Å². The fourth-order valence-corrected chi connectivity index (χ4v) is 2.13. The lowest BCUT2D eigenvalue weighted by Gasteiger charge is -2.04. The second-order valence-corrected chi connectivity index (χ2v) is 4.34. The molecule has 1 nitrogen and oxygen atoms in total. The first kappa shape index (κ1) is 9.72. The predicted molar refractivity (Wildman–Crippen MR) is 58.3 cm³/mol. The molecule has 2 rings (SSSR count). The van der Waals surface area contributed by atoms with Gasteiger partial charge in [-0.3, -0.25) is 0 Å². The van der Waals surface area contributed by atoms with Gasteiger partial charge in [0.2, 0.25) is 0 Å². The van der Waals surface area contributed by atoms with Gasteiger partial charge in [-0.2, -0.15) is 0 Å². The van der Waals surface area contributed by atoms with E-state index < -0.39 is 0 Å². The van der Waals surface area contributed by atoms with Gasteiger partial charge in [0.15, 0.2) is 0 Å². The molecule has 76 valence electrons. The molecule has 14 heavy (non-hydrogen) atoms. The summed E-state index contributed by atoms with van der Waals surface area (Å²) in [6, 6.07) is 8.83. The van der Waals surface area contributed by atoms with Crippen LogP contribution in [0, 0.1) is 5.92 Å². The van der Waals surface area contributed by atoms with Crippen LogP contribution in [0.3, 0.4) is 0 Å². The SMILES string of the molecule is CCc1ccc([C@H]2C[C@H]2[C@@H](C)O)cc1. The Balaban J connectivity index is 2.05. The van der Waals surface area contributed by atoms with E-state index in [-0.39, 0.29) is 6.10 Å². The maximum atomic E-state index is 9.42. The Morgan fingerprint density at radius 3 is 2.43 bits per heavy atom. The van der Waals surface area contributed by atoms with Crippen LogP contribution >= 0.6 is 0 Å². The zero-order valence-electron chi connectivity index (χ0n) is 8.90. The van der Waals surface area contributed by atoms with Crippen molar-refractivity contribution in [1.29, 1.82) is 0 Å². The number of aryl methyl sites for hydroxylation is 1. The van der Waals surface area contributed by atoms with Gasteiger partial charge in [0.05, 0.1) is 6.10 Å². The summed E-state index contributed by atoms with van der Waals surface area (Å²) in [5.74, 6) is 1.11. The Kier molecular flexibility index (Phi) is 2.60. The van der Waals surface area contributed by atoms with Gasteiger partial charge in [0, 0.05) is 0 Å². The molecule has 0 saturated heterocycles. The van der Waals surface area contributed by atoms with Crippen molar-refractivity contribution in [2.75, 3.05) is 0 Å². The van der Waals surface area contributed by atoms with Crippen LogP contribution in [0.2, 0.25) is 0 Å². The highest BCUT2D eigenvalue weighted by atomic mass is 16.3. The number of aliphatic hydroxyl groups excluding tert-OH is 1. The first-order chi connectivity index (χ1) is 6.72. The molecule has 1 fully saturated rings. The van der Waals surface area contributed by atoms with Gasteiger partial charge < -0.3 is 5.11 Å². The Morgan fingerprint density at radius 2 is 2.00 bits per heavy atom. The Labute approximate surface area is 85.8 Å². The molecule has 0 radical (unpaired) electrons. The number of aliphatic hydroxyl groups is 1. The van der Waals surface area contributed by atoms with Crippen LogP contribution in [0.5, 0.6) is 0 Å². The van der Waals surface area contributed by atoms with E-state index in [1.165, 1.54) is 11.1 Å². The van der Waals surface area contributed by atoms with Gasteiger partial charge in [-0.15, -0.1) is 0 Å². The van der Waals surface area contributed by atoms with Crippen molar-refractivity contribution in [2.45, 2.75) is 38.7 Å². The van der Waals surface area contributed by atoms with E-state index >= 15 is 0 Å². The molecule has 1 aliphatic carbocycles. The first-order valence-corrected chi connectivity index (χ1v) is 5.49. The van der Waals surface area contributed by atoms with Crippen LogP contribution in [-0.4, -0.2) is 11.2 Å². The van der Waals surface area contributed by atoms with Crippen LogP contribution in [0.1, 0.15) is 37.3 Å². The largest absolute Gasteiger partial charge is 0.393 e. The van der Waals surface area contributed by atoms with E-state index in [9.17, 15) is 5.11 Å². The zero-order valence-corrected chi connectivity index (χ0v) is 8.90. The summed E-state index contributed by atoms with van der Waals surface area (Å²) >= 11 is 0. The molecule has 1 aromatic rings. The molecule has 1 saturated carbocycles. The Morgan fingerprint density at radius 1 is 1.36 bits per heavy atom. The summed E-state index contributed by atoms with van der Waals surface area (Å²) in [4.78, 5) is 0. The minimum atomic E-state index is -0.147. The van der Waals surface area contributed by atoms with Crippen molar-refractivity contribution in [3.8, 4) is 0 Å². The predicted octanol–water partition coefficient (Wildman–Crippen LogP) is 2.73. The van der Waals surface area contributed by atoms with Crippen LogP contribution < -0.4 is 0 Å². The smallest absolute Gasteiger partial charge is 0.0546 e. The van der Waals surface area contributed by atoms with E-state index in [0.717, 1.165) is 12.8 Å². The Bertz CT molecular complexity index is 300. The summed E-state index contributed by atoms with van der Waals surface area (Å²) in [5, 5.41) is 9.42. The molecule has 3 atom stereocenters. The maximum absolute atomic E-state index is 9.42. The standard InChI is InChI=1S/C13H18O/c1-3-10-4-6-11(7-5-10)13-8-12(13)9(2)14/h4-7,9,12-14H,3,8H2,1-2H3/t9-,12+,13-/m1/s1. The average Bonchev–Trinajstić information content (AvgIpc) is 2.97. The van der Waals surface area contributed by atoms with Crippen molar-refractivity contribution >= 4 is 0 Å². The third kappa shape index (κ3) is 1.83. The van der Waals surface area contributed by atoms with Crippen molar-refractivity contribution in [2.24, 2.45) is 5.92 Å². The summed E-state index contributed by atoms with van der Waals surface area (Å²) in [6.45, 7) is 4.07. The topological polar surface area (TPSA) is 20.2 Å². The van der Waals surface area contributed by atoms with Crippen LogP contribution in [0.15, 0.2) is 24.3 Å². The van der Waals surface area contributed by atoms with Gasteiger partial charge in [-0.05, 0) is 42.7 Å². The molecule has 0 unspecified atom stereocenters. The maximum Gasteiger partial charge on any atom is 0.0546 e. The van der Waals surface area contributed by atoms with Crippen molar-refractivity contribution in [1.82, 2.24) is 0 Å². The molecule has 0 aliphatic heterocycles. The lowest BCUT2D eigenvalue weighted by Crippen LogP contribution is -2.03. The van der Waals surface area contributed by atoms with E-state index in [0.29, 0.717) is 11.8 Å². The third-order valence-electron chi connectivity index (χ3n) is 3.28. The van der Waals surface area contributed by atoms with E-state index in [2.05, 4.69) is 31.2 Å². The van der Waals surface area contributed by atoms with Gasteiger partial charge in [0.1, 0.15) is 0 Å². The summed E-state index contributed by atoms with van der Waals surface area (Å²) in [6.07, 6.45) is 2.11. The zero-order chi connectivity index (χ0) is 10.1. The third-order valence-corrected chi connectivity index (χ3v) is 3.28. The molecule has 1 N–H and O–H groups in total. The highest BCUT2D eigenvalue weighted by Gasteiger charge is 2.41. The van der Waals surface area contributed by atoms with Gasteiger partial charge >= 0.3 is 0 Å². The summed E-state index contributed by atoms with van der Waals surface area (Å²) in [7, 11) is 0. The molecule has 1 aromatic carbocycles. The van der Waals surface area contributed by atoms with Crippen molar-refractivity contribution in [3.63, 3.8) is 0 Å². The highest BCUT2D eigenvalue weighted by Crippen LogP contribution is 2.49. The molecular formula is C13H18O. The second kappa shape index (κ2) is 3.74. The second-order valence-electron chi connectivity index (χ2n) is 4.34. The molecule has 0 aromatic heterocycles. The molecule has 0 bridgehead atoms. The monoisotopic (exact) mass is 190 g/mol. The van der Waals surface area contributed by atoms with Crippen LogP contribution in [0.4, 0.5) is 0 Å². The minimum absolute atomic E-state index is 0.147. The number of hydrogen-bond donors (Lipinski definition) is 1. The molecule has 0 heterocycles. The van der Waals surface area contributed by atoms with Crippen molar-refractivity contribution < 1.29 is 5.11 Å². The lowest BCUT2D eigenvalue weighted by atomic mass is 10.0. The number of benzene rings is 1. The quantitative estimate of drug-likeness (QED) is 0.777. The van der Waals surface area contributed by atoms with Crippen LogP contribution in [0.25, 0.3) is 0 Å². The van der Waals surface area contributed by atoms with Gasteiger partial charge in [0.25, 0.3) is 0 Å². The summed E-state index contributed by atoms with van der Waals surface area (Å²) in [5.41, 5.74) is 2.79. The normalized spacial score (nSPS) is 27.4. The fraction of sp³-hybridized carbons (Fsp3) is 0.538. The summed E-state index contributed by atoms with van der Waals surface area (Å²) < 4.78 is 0.